The topological polar surface area (TPSA) is 173 Å². The predicted molar refractivity (Wildman–Crippen MR) is 89.1 cm³/mol. The third-order valence-electron chi connectivity index (χ3n) is 2.89. The molecule has 3 aromatic rings. The fraction of sp³-hybridized carbons (Fsp3) is 0.0909. The van der Waals surface area contributed by atoms with Gasteiger partial charge in [0.1, 0.15) is 0 Å². The minimum absolute atomic E-state index is 0.0136. The molecule has 0 saturated carbocycles. The molecule has 0 radical (unpaired) electrons. The summed E-state index contributed by atoms with van der Waals surface area (Å²) in [6, 6.07) is 3.96. The third-order valence-corrected chi connectivity index (χ3v) is 4.34. The number of aromatic nitrogens is 4. The summed E-state index contributed by atoms with van der Waals surface area (Å²) < 4.78 is 24.4. The number of sulfonamides is 1. The highest BCUT2D eigenvalue weighted by atomic mass is 32.2. The zero-order valence-electron chi connectivity index (χ0n) is 12.4. The van der Waals surface area contributed by atoms with Crippen LogP contribution in [0.15, 0.2) is 18.2 Å². The molecule has 130 valence electrons. The van der Waals surface area contributed by atoms with Crippen LogP contribution < -0.4 is 10.0 Å². The molecule has 0 saturated heterocycles. The molecular formula is C11H9N7O5S2. The predicted octanol–water partition coefficient (Wildman–Crippen LogP) is 0.946. The molecule has 0 atom stereocenters. The first-order chi connectivity index (χ1) is 11.7. The van der Waals surface area contributed by atoms with E-state index in [9.17, 15) is 23.3 Å². The summed E-state index contributed by atoms with van der Waals surface area (Å²) in [5.74, 6) is -0.672. The number of fused-ring (bicyclic) bond motifs is 1. The quantitative estimate of drug-likeness (QED) is 0.431. The zero-order valence-corrected chi connectivity index (χ0v) is 14.0. The molecule has 0 fully saturated rings. The number of anilines is 2. The number of nitrogens with one attached hydrogen (secondary N) is 3. The monoisotopic (exact) mass is 383 g/mol. The first kappa shape index (κ1) is 16.7. The molecule has 2 aromatic heterocycles. The number of benzene rings is 1. The number of hydrogen-bond donors (Lipinski definition) is 3. The Morgan fingerprint density at radius 3 is 2.72 bits per heavy atom. The molecule has 0 bridgehead atoms. The van der Waals surface area contributed by atoms with E-state index in [1.54, 1.807) is 0 Å². The average Bonchev–Trinajstić information content (AvgIpc) is 3.11. The Kier molecular flexibility index (Phi) is 4.05. The van der Waals surface area contributed by atoms with Crippen LogP contribution in [0, 0.1) is 10.1 Å². The van der Waals surface area contributed by atoms with Gasteiger partial charge in [0, 0.05) is 17.5 Å². The van der Waals surface area contributed by atoms with Gasteiger partial charge in [-0.1, -0.05) is 11.3 Å². The highest BCUT2D eigenvalue weighted by Crippen LogP contribution is 2.24. The van der Waals surface area contributed by atoms with Crippen molar-refractivity contribution in [3.8, 4) is 0 Å². The van der Waals surface area contributed by atoms with Crippen LogP contribution in [0.5, 0.6) is 0 Å². The Morgan fingerprint density at radius 2 is 2.04 bits per heavy atom. The van der Waals surface area contributed by atoms with Crippen molar-refractivity contribution in [1.82, 2.24) is 20.4 Å². The number of nitro groups is 1. The molecule has 25 heavy (non-hydrogen) atoms. The lowest BCUT2D eigenvalue weighted by atomic mass is 10.2. The number of rotatable bonds is 5. The van der Waals surface area contributed by atoms with Gasteiger partial charge in [0.05, 0.1) is 16.7 Å². The van der Waals surface area contributed by atoms with Crippen molar-refractivity contribution in [3.63, 3.8) is 0 Å². The lowest BCUT2D eigenvalue weighted by molar-refractivity contribution is -0.384. The minimum atomic E-state index is -3.51. The van der Waals surface area contributed by atoms with Gasteiger partial charge in [-0.3, -0.25) is 30.0 Å². The van der Waals surface area contributed by atoms with Crippen LogP contribution in [-0.2, 0) is 10.0 Å². The van der Waals surface area contributed by atoms with Crippen LogP contribution in [0.2, 0.25) is 0 Å². The normalized spacial score (nSPS) is 11.4. The van der Waals surface area contributed by atoms with E-state index in [2.05, 4.69) is 30.4 Å². The molecule has 3 N–H and O–H groups in total. The number of aromatic amines is 1. The summed E-state index contributed by atoms with van der Waals surface area (Å²) >= 11 is 0.808. The molecule has 12 nitrogen and oxygen atoms in total. The summed E-state index contributed by atoms with van der Waals surface area (Å²) in [6.07, 6.45) is 0.954. The maximum Gasteiger partial charge on any atom is 0.278 e. The van der Waals surface area contributed by atoms with Crippen LogP contribution in [-0.4, -0.2) is 45.9 Å². The SMILES string of the molecule is CS(=O)(=O)Nc1nnc(NC(=O)c2n[nH]c3ccc([N+](=O)[O-])cc23)s1. The van der Waals surface area contributed by atoms with E-state index in [4.69, 9.17) is 0 Å². The molecular weight excluding hydrogens is 374 g/mol. The lowest BCUT2D eigenvalue weighted by Crippen LogP contribution is -2.12. The first-order valence-electron chi connectivity index (χ1n) is 6.48. The number of non-ortho nitro benzene ring substituents is 1. The second-order valence-electron chi connectivity index (χ2n) is 4.80. The summed E-state index contributed by atoms with van der Waals surface area (Å²) in [7, 11) is -3.51. The molecule has 0 aliphatic carbocycles. The highest BCUT2D eigenvalue weighted by Gasteiger charge is 2.19. The molecule has 2 heterocycles. The van der Waals surface area contributed by atoms with Gasteiger partial charge in [-0.15, -0.1) is 10.2 Å². The largest absolute Gasteiger partial charge is 0.295 e. The van der Waals surface area contributed by atoms with E-state index in [1.807, 2.05) is 0 Å². The molecule has 3 rings (SSSR count). The van der Waals surface area contributed by atoms with Gasteiger partial charge in [0.2, 0.25) is 20.3 Å². The van der Waals surface area contributed by atoms with Crippen LogP contribution >= 0.6 is 11.3 Å². The summed E-state index contributed by atoms with van der Waals surface area (Å²) in [4.78, 5) is 22.6. The molecule has 0 aliphatic heterocycles. The zero-order chi connectivity index (χ0) is 18.2. The number of carbonyl (C=O) groups is 1. The van der Waals surface area contributed by atoms with Crippen LogP contribution in [0.1, 0.15) is 10.5 Å². The second-order valence-corrected chi connectivity index (χ2v) is 7.53. The Balaban J connectivity index is 1.85. The highest BCUT2D eigenvalue weighted by molar-refractivity contribution is 7.92. The third kappa shape index (κ3) is 3.69. The standard InChI is InChI=1S/C11H9N7O5S2/c1-25(22,23)17-11-16-15-10(24-11)12-9(19)8-6-4-5(18(20)21)2-3-7(6)13-14-8/h2-4H,1H3,(H,13,14)(H,16,17)(H,12,15,19). The second kappa shape index (κ2) is 6.06. The van der Waals surface area contributed by atoms with Gasteiger partial charge in [-0.2, -0.15) is 5.10 Å². The Morgan fingerprint density at radius 1 is 1.32 bits per heavy atom. The first-order valence-corrected chi connectivity index (χ1v) is 9.19. The fourth-order valence-corrected chi connectivity index (χ4v) is 3.39. The molecule has 1 aromatic carbocycles. The molecule has 14 heteroatoms. The van der Waals surface area contributed by atoms with Crippen molar-refractivity contribution in [3.05, 3.63) is 34.0 Å². The summed E-state index contributed by atoms with van der Waals surface area (Å²) in [5.41, 5.74) is 0.206. The van der Waals surface area contributed by atoms with E-state index >= 15 is 0 Å². The van der Waals surface area contributed by atoms with Gasteiger partial charge < -0.3 is 0 Å². The van der Waals surface area contributed by atoms with Crippen molar-refractivity contribution >= 4 is 54.1 Å². The maximum absolute atomic E-state index is 12.3. The number of carbonyl (C=O) groups excluding carboxylic acids is 1. The average molecular weight is 383 g/mol. The minimum Gasteiger partial charge on any atom is -0.295 e. The maximum atomic E-state index is 12.3. The molecule has 0 spiro atoms. The number of nitro benzene ring substituents is 1. The number of nitrogens with zero attached hydrogens (tertiary/aromatic N) is 4. The molecule has 0 aliphatic rings. The fourth-order valence-electron chi connectivity index (χ4n) is 1.92. The van der Waals surface area contributed by atoms with Crippen molar-refractivity contribution in [2.45, 2.75) is 0 Å². The Labute approximate surface area is 143 Å². The van der Waals surface area contributed by atoms with Gasteiger partial charge in [-0.05, 0) is 6.07 Å². The number of amides is 1. The van der Waals surface area contributed by atoms with Gasteiger partial charge in [-0.25, -0.2) is 8.42 Å². The van der Waals surface area contributed by atoms with Crippen LogP contribution in [0.25, 0.3) is 10.9 Å². The Hall–Kier alpha value is -3.13. The van der Waals surface area contributed by atoms with E-state index in [1.165, 1.54) is 18.2 Å². The van der Waals surface area contributed by atoms with Crippen LogP contribution in [0.4, 0.5) is 16.0 Å². The van der Waals surface area contributed by atoms with Gasteiger partial charge in [0.15, 0.2) is 5.69 Å². The van der Waals surface area contributed by atoms with Gasteiger partial charge >= 0.3 is 0 Å². The smallest absolute Gasteiger partial charge is 0.278 e. The van der Waals surface area contributed by atoms with Gasteiger partial charge in [0.25, 0.3) is 11.6 Å². The van der Waals surface area contributed by atoms with Crippen molar-refractivity contribution in [2.24, 2.45) is 0 Å². The van der Waals surface area contributed by atoms with Crippen LogP contribution in [0.3, 0.4) is 0 Å². The van der Waals surface area contributed by atoms with E-state index in [-0.39, 0.29) is 27.0 Å². The van der Waals surface area contributed by atoms with Crippen molar-refractivity contribution in [2.75, 3.05) is 16.3 Å². The summed E-state index contributed by atoms with van der Waals surface area (Å²) in [6.45, 7) is 0. The van der Waals surface area contributed by atoms with Crippen molar-refractivity contribution in [1.29, 1.82) is 0 Å². The molecule has 1 amide bonds. The number of H-pyrrole nitrogens is 1. The summed E-state index contributed by atoms with van der Waals surface area (Å²) in [5, 5.41) is 27.2. The lowest BCUT2D eigenvalue weighted by Gasteiger charge is -1.98. The number of hydrogen-bond acceptors (Lipinski definition) is 9. The van der Waals surface area contributed by atoms with E-state index in [0.29, 0.717) is 5.52 Å². The van der Waals surface area contributed by atoms with E-state index in [0.717, 1.165) is 17.6 Å². The Bertz CT molecular complexity index is 1090. The molecule has 0 unspecified atom stereocenters. The van der Waals surface area contributed by atoms with E-state index < -0.39 is 20.9 Å². The van der Waals surface area contributed by atoms with Crippen molar-refractivity contribution < 1.29 is 18.1 Å².